The van der Waals surface area contributed by atoms with Crippen LogP contribution in [0.1, 0.15) is 30.1 Å². The quantitative estimate of drug-likeness (QED) is 0.868. The number of ether oxygens (including phenoxy) is 1. The van der Waals surface area contributed by atoms with Gasteiger partial charge in [0.25, 0.3) is 5.91 Å². The molecule has 1 N–H and O–H groups in total. The summed E-state index contributed by atoms with van der Waals surface area (Å²) in [5, 5.41) is 9.04. The lowest BCUT2D eigenvalue weighted by atomic mass is 9.96. The summed E-state index contributed by atoms with van der Waals surface area (Å²) in [4.78, 5) is 39.3. The first kappa shape index (κ1) is 18.4. The van der Waals surface area contributed by atoms with Crippen LogP contribution in [0.15, 0.2) is 24.3 Å². The Morgan fingerprint density at radius 2 is 1.92 bits per heavy atom. The SMILES string of the molecule is CN(CC(=O)N1CCC(C(=O)O)CC1)C(=O)C1OCCc2ccccc21. The van der Waals surface area contributed by atoms with Crippen LogP contribution in [0.5, 0.6) is 0 Å². The van der Waals surface area contributed by atoms with Crippen LogP contribution >= 0.6 is 0 Å². The Balaban J connectivity index is 1.58. The van der Waals surface area contributed by atoms with Crippen molar-refractivity contribution in [1.82, 2.24) is 9.80 Å². The van der Waals surface area contributed by atoms with Gasteiger partial charge in [-0.15, -0.1) is 0 Å². The molecule has 7 nitrogen and oxygen atoms in total. The molecule has 2 aliphatic heterocycles. The third-order valence-corrected chi connectivity index (χ3v) is 5.16. The monoisotopic (exact) mass is 360 g/mol. The summed E-state index contributed by atoms with van der Waals surface area (Å²) in [6.45, 7) is 1.29. The first-order valence-electron chi connectivity index (χ1n) is 8.92. The number of piperidine rings is 1. The molecule has 0 aliphatic carbocycles. The van der Waals surface area contributed by atoms with Gasteiger partial charge in [-0.2, -0.15) is 0 Å². The van der Waals surface area contributed by atoms with Crippen molar-refractivity contribution in [2.45, 2.75) is 25.4 Å². The fourth-order valence-electron chi connectivity index (χ4n) is 3.56. The molecule has 1 aromatic carbocycles. The topological polar surface area (TPSA) is 87.2 Å². The average Bonchev–Trinajstić information content (AvgIpc) is 2.66. The normalized spacial score (nSPS) is 20.3. The maximum absolute atomic E-state index is 12.8. The van der Waals surface area contributed by atoms with Crippen LogP contribution in [0, 0.1) is 5.92 Å². The van der Waals surface area contributed by atoms with Crippen molar-refractivity contribution in [3.63, 3.8) is 0 Å². The number of rotatable bonds is 4. The number of hydrogen-bond acceptors (Lipinski definition) is 4. The van der Waals surface area contributed by atoms with E-state index in [1.807, 2.05) is 24.3 Å². The van der Waals surface area contributed by atoms with E-state index in [2.05, 4.69) is 0 Å². The summed E-state index contributed by atoms with van der Waals surface area (Å²) in [5.74, 6) is -1.58. The van der Waals surface area contributed by atoms with Crippen LogP contribution in [0.25, 0.3) is 0 Å². The lowest BCUT2D eigenvalue weighted by Crippen LogP contribution is -2.46. The van der Waals surface area contributed by atoms with E-state index >= 15 is 0 Å². The fourth-order valence-corrected chi connectivity index (χ4v) is 3.56. The second-order valence-electron chi connectivity index (χ2n) is 6.89. The van der Waals surface area contributed by atoms with E-state index in [1.54, 1.807) is 11.9 Å². The lowest BCUT2D eigenvalue weighted by Gasteiger charge is -2.33. The van der Waals surface area contributed by atoms with Crippen LogP contribution < -0.4 is 0 Å². The predicted molar refractivity (Wildman–Crippen MR) is 93.4 cm³/mol. The molecule has 0 bridgehead atoms. The van der Waals surface area contributed by atoms with E-state index in [0.717, 1.165) is 17.5 Å². The minimum Gasteiger partial charge on any atom is -0.481 e. The number of likely N-dealkylation sites (tertiary alicyclic amines) is 1. The molecule has 0 saturated carbocycles. The minimum absolute atomic E-state index is 0.0292. The van der Waals surface area contributed by atoms with Gasteiger partial charge in [-0.05, 0) is 30.4 Å². The molecule has 2 aliphatic rings. The summed E-state index contributed by atoms with van der Waals surface area (Å²) in [5.41, 5.74) is 1.97. The molecule has 1 unspecified atom stereocenters. The molecule has 0 aromatic heterocycles. The third-order valence-electron chi connectivity index (χ3n) is 5.16. The smallest absolute Gasteiger partial charge is 0.306 e. The highest BCUT2D eigenvalue weighted by Crippen LogP contribution is 2.28. The molecule has 7 heteroatoms. The van der Waals surface area contributed by atoms with Crippen molar-refractivity contribution in [2.75, 3.05) is 33.3 Å². The Hall–Kier alpha value is -2.41. The largest absolute Gasteiger partial charge is 0.481 e. The van der Waals surface area contributed by atoms with Crippen LogP contribution in [0.4, 0.5) is 0 Å². The number of carboxylic acid groups (broad SMARTS) is 1. The fraction of sp³-hybridized carbons (Fsp3) is 0.526. The zero-order chi connectivity index (χ0) is 18.7. The molecule has 3 rings (SSSR count). The molecular formula is C19H24N2O5. The molecular weight excluding hydrogens is 336 g/mol. The number of carbonyl (C=O) groups excluding carboxylic acids is 2. The summed E-state index contributed by atoms with van der Waals surface area (Å²) >= 11 is 0. The van der Waals surface area contributed by atoms with E-state index in [4.69, 9.17) is 9.84 Å². The maximum Gasteiger partial charge on any atom is 0.306 e. The molecule has 1 saturated heterocycles. The van der Waals surface area contributed by atoms with Gasteiger partial charge in [0, 0.05) is 20.1 Å². The lowest BCUT2D eigenvalue weighted by molar-refractivity contribution is -0.149. The van der Waals surface area contributed by atoms with Crippen molar-refractivity contribution in [1.29, 1.82) is 0 Å². The van der Waals surface area contributed by atoms with E-state index in [-0.39, 0.29) is 24.3 Å². The molecule has 0 spiro atoms. The third kappa shape index (κ3) is 3.88. The van der Waals surface area contributed by atoms with Gasteiger partial charge in [-0.3, -0.25) is 14.4 Å². The van der Waals surface area contributed by atoms with E-state index < -0.39 is 12.1 Å². The number of amides is 2. The second-order valence-corrected chi connectivity index (χ2v) is 6.89. The Morgan fingerprint density at radius 3 is 2.62 bits per heavy atom. The number of nitrogens with zero attached hydrogens (tertiary/aromatic N) is 2. The molecule has 2 amide bonds. The van der Waals surface area contributed by atoms with Gasteiger partial charge in [0.1, 0.15) is 0 Å². The molecule has 1 atom stereocenters. The molecule has 1 fully saturated rings. The standard InChI is InChI=1S/C19H24N2O5/c1-20(12-16(22)21-9-6-14(7-10-21)19(24)25)18(23)17-15-5-3-2-4-13(15)8-11-26-17/h2-5,14,17H,6-12H2,1H3,(H,24,25). The highest BCUT2D eigenvalue weighted by atomic mass is 16.5. The van der Waals surface area contributed by atoms with Gasteiger partial charge in [0.05, 0.1) is 19.1 Å². The van der Waals surface area contributed by atoms with Crippen LogP contribution in [-0.4, -0.2) is 66.0 Å². The highest BCUT2D eigenvalue weighted by Gasteiger charge is 2.32. The number of likely N-dealkylation sites (N-methyl/N-ethyl adjacent to an activating group) is 1. The zero-order valence-electron chi connectivity index (χ0n) is 14.9. The van der Waals surface area contributed by atoms with Gasteiger partial charge in [0.15, 0.2) is 6.10 Å². The van der Waals surface area contributed by atoms with Crippen molar-refractivity contribution < 1.29 is 24.2 Å². The van der Waals surface area contributed by atoms with Crippen molar-refractivity contribution in [2.24, 2.45) is 5.92 Å². The Morgan fingerprint density at radius 1 is 1.23 bits per heavy atom. The first-order valence-corrected chi connectivity index (χ1v) is 8.92. The van der Waals surface area contributed by atoms with Crippen LogP contribution in [0.3, 0.4) is 0 Å². The van der Waals surface area contributed by atoms with Crippen LogP contribution in [-0.2, 0) is 25.5 Å². The summed E-state index contributed by atoms with van der Waals surface area (Å²) in [6, 6.07) is 7.71. The number of fused-ring (bicyclic) bond motifs is 1. The molecule has 1 aromatic rings. The van der Waals surface area contributed by atoms with Crippen molar-refractivity contribution in [3.05, 3.63) is 35.4 Å². The van der Waals surface area contributed by atoms with Crippen molar-refractivity contribution in [3.8, 4) is 0 Å². The molecule has 26 heavy (non-hydrogen) atoms. The Kier molecular flexibility index (Phi) is 5.56. The van der Waals surface area contributed by atoms with Gasteiger partial charge < -0.3 is 19.6 Å². The number of benzene rings is 1. The van der Waals surface area contributed by atoms with E-state index in [0.29, 0.717) is 32.5 Å². The second kappa shape index (κ2) is 7.86. The number of hydrogen-bond donors (Lipinski definition) is 1. The van der Waals surface area contributed by atoms with Gasteiger partial charge in [-0.1, -0.05) is 24.3 Å². The van der Waals surface area contributed by atoms with Crippen molar-refractivity contribution >= 4 is 17.8 Å². The molecule has 2 heterocycles. The highest BCUT2D eigenvalue weighted by molar-refractivity contribution is 5.88. The minimum atomic E-state index is -0.808. The summed E-state index contributed by atoms with van der Waals surface area (Å²) in [7, 11) is 1.60. The van der Waals surface area contributed by atoms with Crippen LogP contribution in [0.2, 0.25) is 0 Å². The zero-order valence-corrected chi connectivity index (χ0v) is 14.9. The first-order chi connectivity index (χ1) is 12.5. The van der Waals surface area contributed by atoms with Gasteiger partial charge in [0.2, 0.25) is 5.91 Å². The van der Waals surface area contributed by atoms with E-state index in [9.17, 15) is 14.4 Å². The van der Waals surface area contributed by atoms with E-state index in [1.165, 1.54) is 4.90 Å². The van der Waals surface area contributed by atoms with Gasteiger partial charge >= 0.3 is 5.97 Å². The van der Waals surface area contributed by atoms with Gasteiger partial charge in [-0.25, -0.2) is 0 Å². The Bertz CT molecular complexity index is 697. The predicted octanol–water partition coefficient (Wildman–Crippen LogP) is 1.08. The number of carboxylic acids is 1. The molecule has 140 valence electrons. The summed E-state index contributed by atoms with van der Waals surface area (Å²) in [6.07, 6.45) is 1.02. The number of aliphatic carboxylic acids is 1. The maximum atomic E-state index is 12.8. The average molecular weight is 360 g/mol. The molecule has 0 radical (unpaired) electrons. The number of carbonyl (C=O) groups is 3. The Labute approximate surface area is 152 Å². The summed E-state index contributed by atoms with van der Waals surface area (Å²) < 4.78 is 5.67.